The van der Waals surface area contributed by atoms with Gasteiger partial charge in [0.1, 0.15) is 17.3 Å². The van der Waals surface area contributed by atoms with Gasteiger partial charge in [-0.1, -0.05) is 0 Å². The van der Waals surface area contributed by atoms with E-state index in [1.54, 1.807) is 6.92 Å². The van der Waals surface area contributed by atoms with E-state index in [2.05, 4.69) is 15.3 Å². The smallest absolute Gasteiger partial charge is 0.335 e. The van der Waals surface area contributed by atoms with Gasteiger partial charge in [0.05, 0.1) is 29.7 Å². The minimum Gasteiger partial charge on any atom is -0.478 e. The highest BCUT2D eigenvalue weighted by atomic mass is 19.1. The molecule has 20 heavy (non-hydrogen) atoms. The summed E-state index contributed by atoms with van der Waals surface area (Å²) in [5, 5.41) is 11.2. The molecule has 2 rings (SSSR count). The summed E-state index contributed by atoms with van der Waals surface area (Å²) in [5.74, 6) is -3.33. The molecular weight excluding hydrogens is 268 g/mol. The lowest BCUT2D eigenvalue weighted by Crippen LogP contribution is -2.08. The van der Waals surface area contributed by atoms with E-state index in [1.807, 2.05) is 0 Å². The number of aromatic carboxylic acids is 1. The fourth-order valence-electron chi connectivity index (χ4n) is 1.56. The summed E-state index contributed by atoms with van der Waals surface area (Å²) in [4.78, 5) is 18.7. The van der Waals surface area contributed by atoms with E-state index in [1.165, 1.54) is 12.4 Å². The highest BCUT2D eigenvalue weighted by Gasteiger charge is 2.14. The van der Waals surface area contributed by atoms with Crippen LogP contribution in [0.2, 0.25) is 0 Å². The first-order valence-corrected chi connectivity index (χ1v) is 5.71. The van der Waals surface area contributed by atoms with Gasteiger partial charge in [0.15, 0.2) is 0 Å². The summed E-state index contributed by atoms with van der Waals surface area (Å²) in [6.07, 6.45) is 3.03. The summed E-state index contributed by atoms with van der Waals surface area (Å²) in [7, 11) is 0. The second-order valence-electron chi connectivity index (χ2n) is 4.12. The summed E-state index contributed by atoms with van der Waals surface area (Å²) in [6, 6.07) is 1.52. The molecule has 0 spiro atoms. The maximum absolute atomic E-state index is 13.6. The van der Waals surface area contributed by atoms with Crippen LogP contribution in [0, 0.1) is 18.6 Å². The number of aryl methyl sites for hydroxylation is 1. The molecule has 1 aromatic carbocycles. The molecule has 1 heterocycles. The zero-order valence-corrected chi connectivity index (χ0v) is 10.5. The Hall–Kier alpha value is -2.57. The largest absolute Gasteiger partial charge is 0.478 e. The molecule has 0 saturated heterocycles. The van der Waals surface area contributed by atoms with Crippen molar-refractivity contribution in [2.45, 2.75) is 13.5 Å². The number of carboxylic acids is 1. The van der Waals surface area contributed by atoms with Crippen LogP contribution in [0.3, 0.4) is 0 Å². The summed E-state index contributed by atoms with van der Waals surface area (Å²) < 4.78 is 27.3. The number of nitrogens with one attached hydrogen (secondary N) is 1. The lowest BCUT2D eigenvalue weighted by Gasteiger charge is -2.09. The molecule has 0 fully saturated rings. The molecule has 104 valence electrons. The monoisotopic (exact) mass is 279 g/mol. The van der Waals surface area contributed by atoms with Gasteiger partial charge in [-0.05, 0) is 19.1 Å². The number of carbonyl (C=O) groups is 1. The first-order chi connectivity index (χ1) is 9.47. The Morgan fingerprint density at radius 3 is 2.40 bits per heavy atom. The van der Waals surface area contributed by atoms with Crippen LogP contribution in [0.1, 0.15) is 21.7 Å². The van der Waals surface area contributed by atoms with Gasteiger partial charge in [0.2, 0.25) is 0 Å². The van der Waals surface area contributed by atoms with Crippen LogP contribution in [0.5, 0.6) is 0 Å². The zero-order valence-electron chi connectivity index (χ0n) is 10.5. The van der Waals surface area contributed by atoms with Crippen molar-refractivity contribution in [2.24, 2.45) is 0 Å². The number of hydrogen-bond acceptors (Lipinski definition) is 4. The Morgan fingerprint density at radius 1 is 1.25 bits per heavy atom. The maximum Gasteiger partial charge on any atom is 0.335 e. The van der Waals surface area contributed by atoms with Crippen LogP contribution in [-0.2, 0) is 6.54 Å². The molecule has 1 aromatic heterocycles. The summed E-state index contributed by atoms with van der Waals surface area (Å²) >= 11 is 0. The van der Waals surface area contributed by atoms with E-state index < -0.39 is 28.9 Å². The quantitative estimate of drug-likeness (QED) is 0.898. The predicted molar refractivity (Wildman–Crippen MR) is 67.4 cm³/mol. The van der Waals surface area contributed by atoms with E-state index in [0.717, 1.165) is 17.8 Å². The summed E-state index contributed by atoms with van der Waals surface area (Å²) in [6.45, 7) is 1.85. The minimum absolute atomic E-state index is 0.0769. The van der Waals surface area contributed by atoms with Crippen molar-refractivity contribution in [2.75, 3.05) is 5.32 Å². The number of anilines is 1. The number of aromatic nitrogens is 2. The number of benzene rings is 1. The third kappa shape index (κ3) is 3.05. The third-order valence-corrected chi connectivity index (χ3v) is 2.57. The highest BCUT2D eigenvalue weighted by molar-refractivity contribution is 5.88. The summed E-state index contributed by atoms with van der Waals surface area (Å²) in [5.41, 5.74) is 0.409. The lowest BCUT2D eigenvalue weighted by molar-refractivity contribution is 0.0696. The van der Waals surface area contributed by atoms with E-state index in [0.29, 0.717) is 5.69 Å². The van der Waals surface area contributed by atoms with Gasteiger partial charge in [-0.15, -0.1) is 0 Å². The Balaban J connectivity index is 2.17. The van der Waals surface area contributed by atoms with Gasteiger partial charge < -0.3 is 10.4 Å². The molecule has 2 N–H and O–H groups in total. The second kappa shape index (κ2) is 5.60. The minimum atomic E-state index is -1.39. The van der Waals surface area contributed by atoms with Gasteiger partial charge in [0.25, 0.3) is 0 Å². The van der Waals surface area contributed by atoms with E-state index in [9.17, 15) is 13.6 Å². The molecule has 2 aromatic rings. The number of nitrogens with zero attached hydrogens (tertiary/aromatic N) is 2. The molecule has 5 nitrogen and oxygen atoms in total. The molecular formula is C13H11F2N3O2. The van der Waals surface area contributed by atoms with E-state index in [-0.39, 0.29) is 6.54 Å². The van der Waals surface area contributed by atoms with Crippen molar-refractivity contribution in [1.29, 1.82) is 0 Å². The van der Waals surface area contributed by atoms with Gasteiger partial charge >= 0.3 is 5.97 Å². The predicted octanol–water partition coefficient (Wildman–Crippen LogP) is 2.37. The van der Waals surface area contributed by atoms with Crippen molar-refractivity contribution in [3.05, 3.63) is 53.1 Å². The molecule has 0 aliphatic heterocycles. The number of hydrogen-bond donors (Lipinski definition) is 2. The van der Waals surface area contributed by atoms with Crippen molar-refractivity contribution < 1.29 is 18.7 Å². The molecule has 0 aliphatic rings. The maximum atomic E-state index is 13.6. The van der Waals surface area contributed by atoms with Crippen LogP contribution in [-0.4, -0.2) is 21.0 Å². The second-order valence-corrected chi connectivity index (χ2v) is 4.12. The number of carboxylic acid groups (broad SMARTS) is 1. The van der Waals surface area contributed by atoms with Crippen molar-refractivity contribution in [1.82, 2.24) is 9.97 Å². The highest BCUT2D eigenvalue weighted by Crippen LogP contribution is 2.21. The Morgan fingerprint density at radius 2 is 1.90 bits per heavy atom. The molecule has 7 heteroatoms. The van der Waals surface area contributed by atoms with Gasteiger partial charge in [-0.25, -0.2) is 13.6 Å². The number of halogens is 2. The van der Waals surface area contributed by atoms with Crippen LogP contribution in [0.15, 0.2) is 24.5 Å². The van der Waals surface area contributed by atoms with E-state index >= 15 is 0 Å². The standard InChI is InChI=1S/C13H11F2N3O2/c1-7-4-17-9(5-16-7)6-18-12-10(14)2-8(13(19)20)3-11(12)15/h2-5,18H,6H2,1H3,(H,19,20). The van der Waals surface area contributed by atoms with Crippen LogP contribution < -0.4 is 5.32 Å². The normalized spacial score (nSPS) is 10.3. The fraction of sp³-hybridized carbons (Fsp3) is 0.154. The van der Waals surface area contributed by atoms with Crippen molar-refractivity contribution in [3.8, 4) is 0 Å². The van der Waals surface area contributed by atoms with E-state index in [4.69, 9.17) is 5.11 Å². The van der Waals surface area contributed by atoms with Gasteiger partial charge in [0, 0.05) is 6.20 Å². The average molecular weight is 279 g/mol. The first kappa shape index (κ1) is 13.9. The fourth-order valence-corrected chi connectivity index (χ4v) is 1.56. The molecule has 0 unspecified atom stereocenters. The lowest BCUT2D eigenvalue weighted by atomic mass is 10.2. The van der Waals surface area contributed by atoms with Gasteiger partial charge in [-0.3, -0.25) is 9.97 Å². The van der Waals surface area contributed by atoms with Crippen LogP contribution in [0.4, 0.5) is 14.5 Å². The third-order valence-electron chi connectivity index (χ3n) is 2.57. The Labute approximate surface area is 113 Å². The van der Waals surface area contributed by atoms with Gasteiger partial charge in [-0.2, -0.15) is 0 Å². The first-order valence-electron chi connectivity index (χ1n) is 5.71. The molecule has 0 bridgehead atoms. The molecule has 0 saturated carbocycles. The Bertz CT molecular complexity index is 622. The number of rotatable bonds is 4. The zero-order chi connectivity index (χ0) is 14.7. The topological polar surface area (TPSA) is 75.1 Å². The molecule has 0 amide bonds. The molecule has 0 atom stereocenters. The van der Waals surface area contributed by atoms with Crippen LogP contribution >= 0.6 is 0 Å². The SMILES string of the molecule is Cc1cnc(CNc2c(F)cc(C(=O)O)cc2F)cn1. The van der Waals surface area contributed by atoms with Crippen LogP contribution in [0.25, 0.3) is 0 Å². The molecule has 0 aliphatic carbocycles. The average Bonchev–Trinajstić information content (AvgIpc) is 2.39. The Kier molecular flexibility index (Phi) is 3.88. The van der Waals surface area contributed by atoms with Crippen molar-refractivity contribution >= 4 is 11.7 Å². The molecule has 0 radical (unpaired) electrons. The van der Waals surface area contributed by atoms with Crippen molar-refractivity contribution in [3.63, 3.8) is 0 Å².